The molecule has 7 heteroatoms. The Hall–Kier alpha value is -1.63. The average Bonchev–Trinajstić information content (AvgIpc) is 2.42. The molecule has 1 fully saturated rings. The Morgan fingerprint density at radius 2 is 2.05 bits per heavy atom. The number of benzene rings is 1. The second-order valence-electron chi connectivity index (χ2n) is 5.68. The SMILES string of the molecule is CC1CCCCC1N=C1Nc2ccc(F)cc2S(=O)(=O)N1. The lowest BCUT2D eigenvalue weighted by Crippen LogP contribution is -2.42. The van der Waals surface area contributed by atoms with Crippen molar-refractivity contribution in [3.63, 3.8) is 0 Å². The van der Waals surface area contributed by atoms with Crippen LogP contribution in [0.25, 0.3) is 0 Å². The van der Waals surface area contributed by atoms with E-state index in [-0.39, 0.29) is 16.9 Å². The summed E-state index contributed by atoms with van der Waals surface area (Å²) in [6.45, 7) is 2.13. The molecule has 2 aliphatic rings. The number of nitrogens with one attached hydrogen (secondary N) is 2. The summed E-state index contributed by atoms with van der Waals surface area (Å²) in [5.41, 5.74) is 0.359. The van der Waals surface area contributed by atoms with E-state index in [2.05, 4.69) is 22.0 Å². The Kier molecular flexibility index (Phi) is 3.61. The Morgan fingerprint density at radius 3 is 2.81 bits per heavy atom. The van der Waals surface area contributed by atoms with Crippen molar-refractivity contribution in [1.29, 1.82) is 0 Å². The average molecular weight is 311 g/mol. The Bertz CT molecular complexity index is 687. The van der Waals surface area contributed by atoms with Gasteiger partial charge in [0.2, 0.25) is 5.96 Å². The minimum atomic E-state index is -3.77. The van der Waals surface area contributed by atoms with Gasteiger partial charge in [0.05, 0.1) is 11.7 Å². The van der Waals surface area contributed by atoms with Crippen LogP contribution in [0.2, 0.25) is 0 Å². The Morgan fingerprint density at radius 1 is 1.29 bits per heavy atom. The van der Waals surface area contributed by atoms with Gasteiger partial charge in [-0.2, -0.15) is 0 Å². The molecule has 2 unspecified atom stereocenters. The van der Waals surface area contributed by atoms with Crippen molar-refractivity contribution in [3.05, 3.63) is 24.0 Å². The first-order chi connectivity index (χ1) is 9.95. The van der Waals surface area contributed by atoms with Gasteiger partial charge in [0.25, 0.3) is 10.0 Å². The minimum absolute atomic E-state index is 0.0851. The molecule has 1 aromatic rings. The molecule has 0 spiro atoms. The highest BCUT2D eigenvalue weighted by Gasteiger charge is 2.29. The maximum Gasteiger partial charge on any atom is 0.266 e. The van der Waals surface area contributed by atoms with Crippen molar-refractivity contribution >= 4 is 21.7 Å². The van der Waals surface area contributed by atoms with E-state index in [1.165, 1.54) is 18.6 Å². The summed E-state index contributed by atoms with van der Waals surface area (Å²) >= 11 is 0. The summed E-state index contributed by atoms with van der Waals surface area (Å²) in [7, 11) is -3.77. The number of hydrogen-bond donors (Lipinski definition) is 2. The van der Waals surface area contributed by atoms with Crippen LogP contribution in [-0.4, -0.2) is 20.4 Å². The van der Waals surface area contributed by atoms with Gasteiger partial charge in [-0.15, -0.1) is 0 Å². The standard InChI is InChI=1S/C14H18FN3O2S/c1-9-4-2-3-5-11(9)16-14-17-12-7-6-10(15)8-13(12)21(19,20)18-14/h6-9,11H,2-5H2,1H3,(H2,16,17,18). The number of nitrogens with zero attached hydrogens (tertiary/aromatic N) is 1. The molecule has 114 valence electrons. The predicted molar refractivity (Wildman–Crippen MR) is 79.2 cm³/mol. The first kappa shape index (κ1) is 14.3. The van der Waals surface area contributed by atoms with Crippen LogP contribution in [0.3, 0.4) is 0 Å². The highest BCUT2D eigenvalue weighted by atomic mass is 32.2. The highest BCUT2D eigenvalue weighted by Crippen LogP contribution is 2.28. The molecule has 2 atom stereocenters. The number of guanidine groups is 1. The molecule has 0 amide bonds. The molecule has 1 aliphatic carbocycles. The van der Waals surface area contributed by atoms with Gasteiger partial charge < -0.3 is 5.32 Å². The van der Waals surface area contributed by atoms with Crippen LogP contribution >= 0.6 is 0 Å². The van der Waals surface area contributed by atoms with Gasteiger partial charge >= 0.3 is 0 Å². The van der Waals surface area contributed by atoms with Crippen molar-refractivity contribution in [2.24, 2.45) is 10.9 Å². The van der Waals surface area contributed by atoms with Crippen LogP contribution in [0, 0.1) is 11.7 Å². The van der Waals surface area contributed by atoms with Crippen molar-refractivity contribution in [3.8, 4) is 0 Å². The maximum atomic E-state index is 13.2. The second-order valence-corrected chi connectivity index (χ2v) is 7.33. The third-order valence-corrected chi connectivity index (χ3v) is 5.46. The van der Waals surface area contributed by atoms with E-state index in [9.17, 15) is 12.8 Å². The molecule has 21 heavy (non-hydrogen) atoms. The summed E-state index contributed by atoms with van der Waals surface area (Å²) in [5.74, 6) is 0.0854. The number of anilines is 1. The molecule has 5 nitrogen and oxygen atoms in total. The van der Waals surface area contributed by atoms with Gasteiger partial charge in [-0.05, 0) is 37.0 Å². The molecule has 1 saturated carbocycles. The first-order valence-electron chi connectivity index (χ1n) is 7.13. The van der Waals surface area contributed by atoms with Crippen LogP contribution in [0.1, 0.15) is 32.6 Å². The molecule has 1 aromatic carbocycles. The lowest BCUT2D eigenvalue weighted by molar-refractivity contribution is 0.332. The molecule has 2 N–H and O–H groups in total. The van der Waals surface area contributed by atoms with Crippen LogP contribution in [0.4, 0.5) is 10.1 Å². The summed E-state index contributed by atoms with van der Waals surface area (Å²) in [5, 5.41) is 2.94. The third-order valence-electron chi connectivity index (χ3n) is 4.08. The van der Waals surface area contributed by atoms with E-state index in [0.29, 0.717) is 11.6 Å². The molecule has 0 radical (unpaired) electrons. The quantitative estimate of drug-likeness (QED) is 0.837. The van der Waals surface area contributed by atoms with Crippen molar-refractivity contribution in [1.82, 2.24) is 4.72 Å². The summed E-state index contributed by atoms with van der Waals surface area (Å²) in [6.07, 6.45) is 4.38. The molecule has 0 bridgehead atoms. The molecular formula is C14H18FN3O2S. The number of aliphatic imine (C=N–C) groups is 1. The summed E-state index contributed by atoms with van der Waals surface area (Å²) in [4.78, 5) is 4.43. The van der Waals surface area contributed by atoms with Crippen LogP contribution < -0.4 is 10.0 Å². The van der Waals surface area contributed by atoms with Gasteiger partial charge in [0.15, 0.2) is 0 Å². The second kappa shape index (κ2) is 5.29. The van der Waals surface area contributed by atoms with Crippen molar-refractivity contribution in [2.75, 3.05) is 5.32 Å². The Labute approximate surface area is 123 Å². The normalized spacial score (nSPS) is 29.3. The van der Waals surface area contributed by atoms with Gasteiger partial charge in [-0.25, -0.2) is 22.5 Å². The monoisotopic (exact) mass is 311 g/mol. The highest BCUT2D eigenvalue weighted by molar-refractivity contribution is 7.90. The molecule has 1 aliphatic heterocycles. The Balaban J connectivity index is 1.92. The van der Waals surface area contributed by atoms with Gasteiger partial charge in [0.1, 0.15) is 10.7 Å². The zero-order chi connectivity index (χ0) is 15.0. The predicted octanol–water partition coefficient (Wildman–Crippen LogP) is 2.46. The minimum Gasteiger partial charge on any atom is -0.324 e. The fraction of sp³-hybridized carbons (Fsp3) is 0.500. The van der Waals surface area contributed by atoms with Crippen LogP contribution in [0.5, 0.6) is 0 Å². The van der Waals surface area contributed by atoms with E-state index in [1.807, 2.05) is 0 Å². The lowest BCUT2D eigenvalue weighted by Gasteiger charge is -2.28. The lowest BCUT2D eigenvalue weighted by atomic mass is 9.86. The van der Waals surface area contributed by atoms with Crippen LogP contribution in [-0.2, 0) is 10.0 Å². The third kappa shape index (κ3) is 2.88. The molecule has 0 aromatic heterocycles. The summed E-state index contributed by atoms with van der Waals surface area (Å²) < 4.78 is 39.9. The largest absolute Gasteiger partial charge is 0.324 e. The van der Waals surface area contributed by atoms with Crippen molar-refractivity contribution in [2.45, 2.75) is 43.5 Å². The van der Waals surface area contributed by atoms with E-state index in [1.54, 1.807) is 0 Å². The van der Waals surface area contributed by atoms with Crippen LogP contribution in [0.15, 0.2) is 28.1 Å². The zero-order valence-electron chi connectivity index (χ0n) is 11.8. The number of sulfonamides is 1. The van der Waals surface area contributed by atoms with Gasteiger partial charge in [-0.3, -0.25) is 0 Å². The fourth-order valence-electron chi connectivity index (χ4n) is 2.87. The number of rotatable bonds is 1. The van der Waals surface area contributed by atoms with Crippen molar-refractivity contribution < 1.29 is 12.8 Å². The fourth-order valence-corrected chi connectivity index (χ4v) is 4.01. The van der Waals surface area contributed by atoms with E-state index >= 15 is 0 Å². The van der Waals surface area contributed by atoms with Gasteiger partial charge in [0, 0.05) is 0 Å². The zero-order valence-corrected chi connectivity index (χ0v) is 12.6. The number of fused-ring (bicyclic) bond motifs is 1. The first-order valence-corrected chi connectivity index (χ1v) is 8.61. The molecule has 3 rings (SSSR count). The number of halogens is 1. The number of hydrogen-bond acceptors (Lipinski definition) is 3. The van der Waals surface area contributed by atoms with E-state index in [4.69, 9.17) is 0 Å². The van der Waals surface area contributed by atoms with E-state index in [0.717, 1.165) is 25.3 Å². The molecular weight excluding hydrogens is 293 g/mol. The summed E-state index contributed by atoms with van der Waals surface area (Å²) in [6, 6.07) is 3.77. The molecule has 0 saturated heterocycles. The smallest absolute Gasteiger partial charge is 0.266 e. The maximum absolute atomic E-state index is 13.2. The van der Waals surface area contributed by atoms with Gasteiger partial charge in [-0.1, -0.05) is 19.8 Å². The van der Waals surface area contributed by atoms with E-state index < -0.39 is 15.8 Å². The topological polar surface area (TPSA) is 70.6 Å². The molecule has 1 heterocycles.